The van der Waals surface area contributed by atoms with Crippen LogP contribution in [0.25, 0.3) is 21.8 Å². The Hall–Kier alpha value is -2.86. The number of benzene rings is 1. The van der Waals surface area contributed by atoms with Crippen molar-refractivity contribution in [2.24, 2.45) is 5.10 Å². The molecule has 0 bridgehead atoms. The molecule has 0 radical (unpaired) electrons. The molecule has 3 aromatic heterocycles. The summed E-state index contributed by atoms with van der Waals surface area (Å²) < 4.78 is 0. The first-order chi connectivity index (χ1) is 11.3. The fourth-order valence-electron chi connectivity index (χ4n) is 2.39. The maximum absolute atomic E-state index is 4.75. The molecule has 4 aromatic rings. The van der Waals surface area contributed by atoms with Crippen LogP contribution in [-0.2, 0) is 0 Å². The topological polar surface area (TPSA) is 63.1 Å². The monoisotopic (exact) mass is 319 g/mol. The molecule has 0 spiro atoms. The maximum Gasteiger partial charge on any atom is 0.203 e. The fraction of sp³-hybridized carbons (Fsp3) is 0.0588. The van der Waals surface area contributed by atoms with Crippen LogP contribution in [0.15, 0.2) is 59.3 Å². The van der Waals surface area contributed by atoms with Gasteiger partial charge < -0.3 is 0 Å². The summed E-state index contributed by atoms with van der Waals surface area (Å²) in [4.78, 5) is 13.4. The van der Waals surface area contributed by atoms with Crippen molar-refractivity contribution >= 4 is 44.0 Å². The van der Waals surface area contributed by atoms with Gasteiger partial charge in [-0.3, -0.25) is 10.4 Å². The average molecular weight is 319 g/mol. The van der Waals surface area contributed by atoms with Gasteiger partial charge in [0.1, 0.15) is 0 Å². The Morgan fingerprint density at radius 2 is 1.83 bits per heavy atom. The summed E-state index contributed by atoms with van der Waals surface area (Å²) in [6, 6.07) is 12.1. The zero-order valence-electron chi connectivity index (χ0n) is 12.4. The summed E-state index contributed by atoms with van der Waals surface area (Å²) in [5.41, 5.74) is 6.37. The molecule has 6 heteroatoms. The first kappa shape index (κ1) is 13.8. The molecule has 0 amide bonds. The van der Waals surface area contributed by atoms with E-state index in [1.807, 2.05) is 36.6 Å². The molecule has 0 aliphatic carbocycles. The Kier molecular flexibility index (Phi) is 3.44. The van der Waals surface area contributed by atoms with Crippen molar-refractivity contribution in [3.63, 3.8) is 0 Å². The van der Waals surface area contributed by atoms with Gasteiger partial charge in [-0.05, 0) is 19.1 Å². The first-order valence-corrected chi connectivity index (χ1v) is 8.04. The number of rotatable bonds is 3. The van der Waals surface area contributed by atoms with Gasteiger partial charge in [-0.25, -0.2) is 9.97 Å². The predicted octanol–water partition coefficient (Wildman–Crippen LogP) is 4.08. The molecule has 0 saturated carbocycles. The third kappa shape index (κ3) is 2.64. The van der Waals surface area contributed by atoms with E-state index in [0.29, 0.717) is 0 Å². The highest BCUT2D eigenvalue weighted by Gasteiger charge is 2.06. The summed E-state index contributed by atoms with van der Waals surface area (Å²) >= 11 is 1.50. The molecular weight excluding hydrogens is 306 g/mol. The number of aromatic nitrogens is 3. The van der Waals surface area contributed by atoms with Crippen LogP contribution < -0.4 is 5.43 Å². The Morgan fingerprint density at radius 1 is 1.00 bits per heavy atom. The number of fused-ring (bicyclic) bond motifs is 3. The molecule has 0 fully saturated rings. The molecule has 5 nitrogen and oxygen atoms in total. The number of nitrogens with zero attached hydrogens (tertiary/aromatic N) is 4. The van der Waals surface area contributed by atoms with E-state index in [9.17, 15) is 0 Å². The molecule has 3 heterocycles. The number of nitrogens with one attached hydrogen (secondary N) is 1. The lowest BCUT2D eigenvalue weighted by Gasteiger charge is -2.05. The van der Waals surface area contributed by atoms with E-state index >= 15 is 0 Å². The quantitative estimate of drug-likeness (QED) is 0.351. The minimum absolute atomic E-state index is 0.761. The molecule has 0 aliphatic heterocycles. The van der Waals surface area contributed by atoms with E-state index in [1.165, 1.54) is 11.3 Å². The van der Waals surface area contributed by atoms with Crippen LogP contribution in [0.1, 0.15) is 12.6 Å². The molecule has 4 rings (SSSR count). The number of pyridine rings is 2. The van der Waals surface area contributed by atoms with Gasteiger partial charge in [-0.15, -0.1) is 11.3 Å². The van der Waals surface area contributed by atoms with E-state index in [-0.39, 0.29) is 0 Å². The molecule has 0 atom stereocenters. The summed E-state index contributed by atoms with van der Waals surface area (Å²) in [5, 5.41) is 9.17. The van der Waals surface area contributed by atoms with Crippen molar-refractivity contribution in [3.8, 4) is 0 Å². The van der Waals surface area contributed by atoms with Crippen molar-refractivity contribution < 1.29 is 0 Å². The highest BCUT2D eigenvalue weighted by Crippen LogP contribution is 2.22. The first-order valence-electron chi connectivity index (χ1n) is 7.16. The number of hydrazone groups is 1. The van der Waals surface area contributed by atoms with E-state index < -0.39 is 0 Å². The Morgan fingerprint density at radius 3 is 2.65 bits per heavy atom. The number of thiazole rings is 1. The van der Waals surface area contributed by atoms with Crippen LogP contribution in [0, 0.1) is 0 Å². The van der Waals surface area contributed by atoms with Crippen LogP contribution in [0.3, 0.4) is 0 Å². The molecular formula is C17H13N5S. The van der Waals surface area contributed by atoms with Crippen LogP contribution >= 0.6 is 11.3 Å². The number of hydrogen-bond acceptors (Lipinski definition) is 6. The van der Waals surface area contributed by atoms with Gasteiger partial charge in [-0.1, -0.05) is 24.3 Å². The molecule has 1 N–H and O–H groups in total. The van der Waals surface area contributed by atoms with Crippen molar-refractivity contribution in [1.29, 1.82) is 0 Å². The van der Waals surface area contributed by atoms with Gasteiger partial charge >= 0.3 is 0 Å². The summed E-state index contributed by atoms with van der Waals surface area (Å²) in [7, 11) is 0. The lowest BCUT2D eigenvalue weighted by molar-refractivity contribution is 1.25. The minimum atomic E-state index is 0.761. The smallest absolute Gasteiger partial charge is 0.203 e. The van der Waals surface area contributed by atoms with Crippen LogP contribution in [0.2, 0.25) is 0 Å². The molecule has 0 aliphatic rings. The number of anilines is 1. The van der Waals surface area contributed by atoms with Crippen LogP contribution in [0.5, 0.6) is 0 Å². The largest absolute Gasteiger partial charge is 0.254 e. The second-order valence-electron chi connectivity index (χ2n) is 5.06. The summed E-state index contributed by atoms with van der Waals surface area (Å²) in [6.45, 7) is 1.92. The van der Waals surface area contributed by atoms with Gasteiger partial charge in [-0.2, -0.15) is 5.10 Å². The second-order valence-corrected chi connectivity index (χ2v) is 5.95. The zero-order valence-corrected chi connectivity index (χ0v) is 13.2. The van der Waals surface area contributed by atoms with Crippen molar-refractivity contribution in [2.45, 2.75) is 6.92 Å². The average Bonchev–Trinajstić information content (AvgIpc) is 3.12. The van der Waals surface area contributed by atoms with Gasteiger partial charge in [0.25, 0.3) is 0 Å². The molecule has 23 heavy (non-hydrogen) atoms. The summed E-state index contributed by atoms with van der Waals surface area (Å²) in [5.74, 6) is 0. The lowest BCUT2D eigenvalue weighted by Crippen LogP contribution is -2.02. The normalized spacial score (nSPS) is 12.0. The third-order valence-electron chi connectivity index (χ3n) is 3.55. The predicted molar refractivity (Wildman–Crippen MR) is 95.0 cm³/mol. The number of hydrogen-bond donors (Lipinski definition) is 1. The van der Waals surface area contributed by atoms with Crippen molar-refractivity contribution in [1.82, 2.24) is 15.0 Å². The summed E-state index contributed by atoms with van der Waals surface area (Å²) in [6.07, 6.45) is 3.53. The zero-order chi connectivity index (χ0) is 15.6. The van der Waals surface area contributed by atoms with Crippen LogP contribution in [-0.4, -0.2) is 20.7 Å². The second kappa shape index (κ2) is 5.73. The van der Waals surface area contributed by atoms with Gasteiger partial charge in [0.05, 0.1) is 22.4 Å². The highest BCUT2D eigenvalue weighted by atomic mass is 32.1. The van der Waals surface area contributed by atoms with Gasteiger partial charge in [0.2, 0.25) is 5.13 Å². The molecule has 1 aromatic carbocycles. The van der Waals surface area contributed by atoms with Gasteiger partial charge in [0, 0.05) is 28.5 Å². The van der Waals surface area contributed by atoms with E-state index in [4.69, 9.17) is 4.98 Å². The van der Waals surface area contributed by atoms with Crippen molar-refractivity contribution in [2.75, 3.05) is 5.43 Å². The Labute approximate surface area is 136 Å². The van der Waals surface area contributed by atoms with Crippen molar-refractivity contribution in [3.05, 3.63) is 59.9 Å². The SMILES string of the molecule is C/C(=N\Nc1nccs1)c1ccc2ccc3cccnc3c2n1. The minimum Gasteiger partial charge on any atom is -0.254 e. The van der Waals surface area contributed by atoms with Crippen LogP contribution in [0.4, 0.5) is 5.13 Å². The highest BCUT2D eigenvalue weighted by molar-refractivity contribution is 7.13. The maximum atomic E-state index is 4.75. The van der Waals surface area contributed by atoms with E-state index in [2.05, 4.69) is 32.6 Å². The van der Waals surface area contributed by atoms with Gasteiger partial charge in [0.15, 0.2) is 0 Å². The fourth-order valence-corrected chi connectivity index (χ4v) is 2.86. The van der Waals surface area contributed by atoms with E-state index in [1.54, 1.807) is 12.4 Å². The van der Waals surface area contributed by atoms with E-state index in [0.717, 1.165) is 38.3 Å². The standard InChI is InChI=1S/C17H13N5S/c1-11(21-22-17-19-9-10-23-17)14-7-6-13-5-4-12-3-2-8-18-15(12)16(13)20-14/h2-10H,1H3,(H,19,22)/b21-11+. The Bertz CT molecular complexity index is 1010. The lowest BCUT2D eigenvalue weighted by atomic mass is 10.1. The molecule has 112 valence electrons. The molecule has 0 saturated heterocycles. The third-order valence-corrected chi connectivity index (χ3v) is 4.23. The molecule has 0 unspecified atom stereocenters. The Balaban J connectivity index is 1.78.